The highest BCUT2D eigenvalue weighted by Gasteiger charge is 2.27. The van der Waals surface area contributed by atoms with Crippen LogP contribution in [0.25, 0.3) is 0 Å². The zero-order valence-electron chi connectivity index (χ0n) is 7.47. The summed E-state index contributed by atoms with van der Waals surface area (Å²) in [6.45, 7) is 0. The summed E-state index contributed by atoms with van der Waals surface area (Å²) in [6, 6.07) is -2.05. The van der Waals surface area contributed by atoms with E-state index in [1.165, 1.54) is 0 Å². The first-order valence-electron chi connectivity index (χ1n) is 3.81. The fourth-order valence-corrected chi connectivity index (χ4v) is 0.683. The molecule has 0 unspecified atom stereocenters. The van der Waals surface area contributed by atoms with Gasteiger partial charge >= 0.3 is 17.9 Å². The summed E-state index contributed by atoms with van der Waals surface area (Å²) in [6.07, 6.45) is -0.954. The number of carboxylic acid groups (broad SMARTS) is 3. The highest BCUT2D eigenvalue weighted by atomic mass is 16.4. The number of hydrogen-bond acceptors (Lipinski definition) is 4. The first kappa shape index (κ1) is 12.9. The number of carbonyl (C=O) groups excluding carboxylic acids is 1. The maximum absolute atomic E-state index is 10.9. The molecule has 0 aliphatic rings. The standard InChI is InChI=1S/C7H9NO7/c9-3(1-2-4(10)11)8-5(6(12)13)7(14)15/h5H,1-2H2,(H,8,9)(H,10,11)(H,12,13)(H,14,15). The van der Waals surface area contributed by atoms with Gasteiger partial charge in [0.15, 0.2) is 0 Å². The molecule has 0 heterocycles. The van der Waals surface area contributed by atoms with Crippen molar-refractivity contribution in [2.45, 2.75) is 18.9 Å². The Hall–Kier alpha value is -2.12. The van der Waals surface area contributed by atoms with Crippen LogP contribution >= 0.6 is 0 Å². The molecule has 0 rings (SSSR count). The molecule has 8 nitrogen and oxygen atoms in total. The van der Waals surface area contributed by atoms with Gasteiger partial charge in [-0.15, -0.1) is 0 Å². The largest absolute Gasteiger partial charge is 0.481 e. The van der Waals surface area contributed by atoms with Crippen LogP contribution in [0.2, 0.25) is 0 Å². The third-order valence-electron chi connectivity index (χ3n) is 1.37. The number of hydrogen-bond donors (Lipinski definition) is 4. The zero-order chi connectivity index (χ0) is 12.0. The maximum atomic E-state index is 10.9. The monoisotopic (exact) mass is 219 g/mol. The molecule has 0 fully saturated rings. The number of carboxylic acids is 3. The Balaban J connectivity index is 4.18. The summed E-state index contributed by atoms with van der Waals surface area (Å²) in [5, 5.41) is 26.6. The van der Waals surface area contributed by atoms with E-state index in [9.17, 15) is 19.2 Å². The molecule has 0 aromatic carbocycles. The van der Waals surface area contributed by atoms with Crippen molar-refractivity contribution in [3.05, 3.63) is 0 Å². The lowest BCUT2D eigenvalue weighted by Gasteiger charge is -2.08. The van der Waals surface area contributed by atoms with Gasteiger partial charge in [0.05, 0.1) is 6.42 Å². The molecule has 84 valence electrons. The number of carbonyl (C=O) groups is 4. The molecule has 0 aliphatic heterocycles. The van der Waals surface area contributed by atoms with Gasteiger partial charge in [0.1, 0.15) is 0 Å². The molecule has 0 spiro atoms. The van der Waals surface area contributed by atoms with E-state index in [1.54, 1.807) is 5.32 Å². The smallest absolute Gasteiger partial charge is 0.338 e. The van der Waals surface area contributed by atoms with E-state index in [-0.39, 0.29) is 0 Å². The van der Waals surface area contributed by atoms with E-state index in [2.05, 4.69) is 0 Å². The van der Waals surface area contributed by atoms with Gasteiger partial charge in [-0.1, -0.05) is 0 Å². The molecule has 0 atom stereocenters. The third kappa shape index (κ3) is 5.24. The average Bonchev–Trinajstić information content (AvgIpc) is 2.09. The van der Waals surface area contributed by atoms with Gasteiger partial charge in [0.25, 0.3) is 0 Å². The van der Waals surface area contributed by atoms with E-state index in [0.29, 0.717) is 0 Å². The Bertz CT molecular complexity index is 284. The number of nitrogens with one attached hydrogen (secondary N) is 1. The molecule has 0 radical (unpaired) electrons. The Morgan fingerprint density at radius 3 is 1.73 bits per heavy atom. The first-order chi connectivity index (χ1) is 6.84. The molecule has 0 saturated carbocycles. The Morgan fingerprint density at radius 2 is 1.40 bits per heavy atom. The second kappa shape index (κ2) is 5.58. The molecule has 0 aromatic heterocycles. The topological polar surface area (TPSA) is 141 Å². The average molecular weight is 219 g/mol. The minimum atomic E-state index is -2.05. The molecular formula is C7H9NO7. The SMILES string of the molecule is O=C(O)CCC(=O)NC(C(=O)O)C(=O)O. The van der Waals surface area contributed by atoms with Crippen LogP contribution in [-0.2, 0) is 19.2 Å². The van der Waals surface area contributed by atoms with Crippen molar-refractivity contribution in [3.8, 4) is 0 Å². The van der Waals surface area contributed by atoms with E-state index in [0.717, 1.165) is 0 Å². The minimum absolute atomic E-state index is 0.466. The predicted molar refractivity (Wildman–Crippen MR) is 44.1 cm³/mol. The molecule has 0 saturated heterocycles. The van der Waals surface area contributed by atoms with Crippen LogP contribution < -0.4 is 5.32 Å². The summed E-state index contributed by atoms with van der Waals surface area (Å²) < 4.78 is 0. The maximum Gasteiger partial charge on any atom is 0.338 e. The quantitative estimate of drug-likeness (QED) is 0.398. The molecule has 0 aliphatic carbocycles. The van der Waals surface area contributed by atoms with Crippen molar-refractivity contribution in [2.24, 2.45) is 0 Å². The lowest BCUT2D eigenvalue weighted by Crippen LogP contribution is -2.46. The predicted octanol–water partition coefficient (Wildman–Crippen LogP) is -1.49. The van der Waals surface area contributed by atoms with Crippen molar-refractivity contribution in [2.75, 3.05) is 0 Å². The number of rotatable bonds is 6. The van der Waals surface area contributed by atoms with Crippen molar-refractivity contribution >= 4 is 23.8 Å². The third-order valence-corrected chi connectivity index (χ3v) is 1.37. The zero-order valence-corrected chi connectivity index (χ0v) is 7.47. The summed E-state index contributed by atoms with van der Waals surface area (Å²) in [5.41, 5.74) is 0. The molecule has 15 heavy (non-hydrogen) atoms. The Labute approximate surface area is 83.5 Å². The van der Waals surface area contributed by atoms with Crippen LogP contribution in [0.5, 0.6) is 0 Å². The van der Waals surface area contributed by atoms with E-state index in [4.69, 9.17) is 15.3 Å². The second-order valence-corrected chi connectivity index (χ2v) is 2.57. The molecule has 0 aromatic rings. The van der Waals surface area contributed by atoms with Crippen LogP contribution in [0.4, 0.5) is 0 Å². The van der Waals surface area contributed by atoms with Gasteiger partial charge in [-0.2, -0.15) is 0 Å². The van der Waals surface area contributed by atoms with Crippen LogP contribution in [0, 0.1) is 0 Å². The summed E-state index contributed by atoms with van der Waals surface area (Å²) in [7, 11) is 0. The molecule has 8 heteroatoms. The van der Waals surface area contributed by atoms with Crippen LogP contribution in [0.3, 0.4) is 0 Å². The Kier molecular flexibility index (Phi) is 4.79. The van der Waals surface area contributed by atoms with Crippen LogP contribution in [0.1, 0.15) is 12.8 Å². The van der Waals surface area contributed by atoms with Crippen molar-refractivity contribution in [1.82, 2.24) is 5.32 Å². The van der Waals surface area contributed by atoms with Gasteiger partial charge in [0.2, 0.25) is 11.9 Å². The summed E-state index contributed by atoms with van der Waals surface area (Å²) in [5.74, 6) is -5.60. The van der Waals surface area contributed by atoms with Gasteiger partial charge in [-0.25, -0.2) is 9.59 Å². The normalized spacial score (nSPS) is 9.67. The van der Waals surface area contributed by atoms with E-state index < -0.39 is 42.7 Å². The second-order valence-electron chi connectivity index (χ2n) is 2.57. The molecular weight excluding hydrogens is 210 g/mol. The lowest BCUT2D eigenvalue weighted by atomic mass is 10.2. The van der Waals surface area contributed by atoms with Gasteiger partial charge in [-0.3, -0.25) is 9.59 Å². The minimum Gasteiger partial charge on any atom is -0.481 e. The highest BCUT2D eigenvalue weighted by Crippen LogP contribution is 1.92. The lowest BCUT2D eigenvalue weighted by molar-refractivity contribution is -0.153. The van der Waals surface area contributed by atoms with Gasteiger partial charge in [0, 0.05) is 6.42 Å². The van der Waals surface area contributed by atoms with Gasteiger partial charge < -0.3 is 20.6 Å². The molecule has 1 amide bonds. The summed E-state index contributed by atoms with van der Waals surface area (Å²) >= 11 is 0. The van der Waals surface area contributed by atoms with E-state index >= 15 is 0 Å². The number of aliphatic carboxylic acids is 3. The van der Waals surface area contributed by atoms with Crippen molar-refractivity contribution in [1.29, 1.82) is 0 Å². The van der Waals surface area contributed by atoms with Crippen LogP contribution in [0.15, 0.2) is 0 Å². The van der Waals surface area contributed by atoms with Crippen molar-refractivity contribution < 1.29 is 34.5 Å². The molecule has 0 bridgehead atoms. The van der Waals surface area contributed by atoms with Crippen molar-refractivity contribution in [3.63, 3.8) is 0 Å². The van der Waals surface area contributed by atoms with Gasteiger partial charge in [-0.05, 0) is 0 Å². The van der Waals surface area contributed by atoms with E-state index in [1.807, 2.05) is 0 Å². The fourth-order valence-electron chi connectivity index (χ4n) is 0.683. The first-order valence-corrected chi connectivity index (χ1v) is 3.81. The number of amides is 1. The molecule has 4 N–H and O–H groups in total. The Morgan fingerprint density at radius 1 is 0.933 bits per heavy atom. The fraction of sp³-hybridized carbons (Fsp3) is 0.429. The van der Waals surface area contributed by atoms with Crippen LogP contribution in [-0.4, -0.2) is 45.2 Å². The highest BCUT2D eigenvalue weighted by molar-refractivity contribution is 6.00. The summed E-state index contributed by atoms with van der Waals surface area (Å²) in [4.78, 5) is 41.5.